The summed E-state index contributed by atoms with van der Waals surface area (Å²) in [7, 11) is 0. The van der Waals surface area contributed by atoms with Crippen LogP contribution in [0.2, 0.25) is 15.2 Å². The molecule has 128 valence electrons. The number of ether oxygens (including phenoxy) is 1. The van der Waals surface area contributed by atoms with Crippen molar-refractivity contribution in [3.8, 4) is 0 Å². The second kappa shape index (κ2) is 7.74. The van der Waals surface area contributed by atoms with Gasteiger partial charge in [-0.05, 0) is 19.1 Å². The van der Waals surface area contributed by atoms with Crippen LogP contribution in [0.1, 0.15) is 29.2 Å². The van der Waals surface area contributed by atoms with Crippen LogP contribution in [-0.2, 0) is 9.53 Å². The number of amides is 1. The van der Waals surface area contributed by atoms with Crippen molar-refractivity contribution in [1.82, 2.24) is 10.3 Å². The Kier molecular flexibility index (Phi) is 5.93. The van der Waals surface area contributed by atoms with Gasteiger partial charge in [0.05, 0.1) is 23.0 Å². The Hall–Kier alpha value is -1.96. The van der Waals surface area contributed by atoms with Crippen molar-refractivity contribution in [3.05, 3.63) is 45.0 Å². The van der Waals surface area contributed by atoms with E-state index in [1.54, 1.807) is 19.1 Å². The topological polar surface area (TPSA) is 107 Å². The lowest BCUT2D eigenvalue weighted by Gasteiger charge is -2.12. The second-order valence-electron chi connectivity index (χ2n) is 4.67. The maximum absolute atomic E-state index is 12.0. The third-order valence-electron chi connectivity index (χ3n) is 2.95. The molecule has 2 aromatic heterocycles. The molecule has 2 aromatic rings. The Morgan fingerprint density at radius 3 is 2.71 bits per heavy atom. The SMILES string of the molecule is C[C@@H](NC(=O)COC(=O)c1nc(Cl)c(Cl)c(N)c1Cl)c1ccco1. The van der Waals surface area contributed by atoms with Gasteiger partial charge >= 0.3 is 5.97 Å². The fourth-order valence-electron chi connectivity index (χ4n) is 1.76. The van der Waals surface area contributed by atoms with Crippen LogP contribution < -0.4 is 11.1 Å². The number of carbonyl (C=O) groups is 2. The van der Waals surface area contributed by atoms with Crippen molar-refractivity contribution >= 4 is 52.4 Å². The summed E-state index contributed by atoms with van der Waals surface area (Å²) in [5.41, 5.74) is 5.19. The molecule has 0 aliphatic heterocycles. The number of aromatic nitrogens is 1. The number of furan rings is 1. The Morgan fingerprint density at radius 1 is 1.38 bits per heavy atom. The third-order valence-corrected chi connectivity index (χ3v) is 4.08. The highest BCUT2D eigenvalue weighted by atomic mass is 35.5. The average molecular weight is 393 g/mol. The van der Waals surface area contributed by atoms with Crippen LogP contribution in [0.3, 0.4) is 0 Å². The van der Waals surface area contributed by atoms with Crippen molar-refractivity contribution in [2.45, 2.75) is 13.0 Å². The molecule has 0 bridgehead atoms. The Labute approximate surface area is 152 Å². The first kappa shape index (κ1) is 18.4. The van der Waals surface area contributed by atoms with Crippen molar-refractivity contribution in [2.24, 2.45) is 0 Å². The highest BCUT2D eigenvalue weighted by Gasteiger charge is 2.22. The number of rotatable bonds is 5. The lowest BCUT2D eigenvalue weighted by molar-refractivity contribution is -0.125. The largest absolute Gasteiger partial charge is 0.467 e. The molecule has 3 N–H and O–H groups in total. The standard InChI is InChI=1S/C14H12Cl3N3O4/c1-6(7-3-2-4-23-7)19-8(21)5-24-14(22)12-9(15)11(18)10(16)13(17)20-12/h2-4,6H,5H2,1H3,(H2,18,20)(H,19,21)/t6-/m1/s1. The van der Waals surface area contributed by atoms with Gasteiger partial charge in [0.2, 0.25) is 0 Å². The van der Waals surface area contributed by atoms with E-state index in [0.717, 1.165) is 0 Å². The maximum Gasteiger partial charge on any atom is 0.359 e. The van der Waals surface area contributed by atoms with Gasteiger partial charge in [-0.1, -0.05) is 34.8 Å². The van der Waals surface area contributed by atoms with Crippen molar-refractivity contribution in [1.29, 1.82) is 0 Å². The number of esters is 1. The molecule has 1 atom stereocenters. The van der Waals surface area contributed by atoms with Gasteiger partial charge in [-0.25, -0.2) is 9.78 Å². The summed E-state index contributed by atoms with van der Waals surface area (Å²) in [6.45, 7) is 1.18. The van der Waals surface area contributed by atoms with Gasteiger partial charge in [-0.3, -0.25) is 4.79 Å². The van der Waals surface area contributed by atoms with Crippen LogP contribution in [-0.4, -0.2) is 23.5 Å². The number of nitrogens with one attached hydrogen (secondary N) is 1. The Balaban J connectivity index is 1.97. The zero-order valence-electron chi connectivity index (χ0n) is 12.3. The van der Waals surface area contributed by atoms with Crippen molar-refractivity contribution in [3.63, 3.8) is 0 Å². The molecule has 0 spiro atoms. The fraction of sp³-hybridized carbons (Fsp3) is 0.214. The van der Waals surface area contributed by atoms with E-state index in [4.69, 9.17) is 49.7 Å². The summed E-state index contributed by atoms with van der Waals surface area (Å²) in [5.74, 6) is -0.917. The minimum absolute atomic E-state index is 0.0665. The van der Waals surface area contributed by atoms with Gasteiger partial charge in [0, 0.05) is 0 Å². The number of nitrogens with zero attached hydrogens (tertiary/aromatic N) is 1. The molecule has 0 saturated heterocycles. The smallest absolute Gasteiger partial charge is 0.359 e. The first-order valence-corrected chi connectivity index (χ1v) is 7.74. The van der Waals surface area contributed by atoms with Crippen molar-refractivity contribution in [2.75, 3.05) is 12.3 Å². The Bertz CT molecular complexity index is 765. The van der Waals surface area contributed by atoms with Crippen LogP contribution in [0.5, 0.6) is 0 Å². The first-order chi connectivity index (χ1) is 11.3. The molecule has 2 heterocycles. The number of nitrogens with two attached hydrogens (primary N) is 1. The van der Waals surface area contributed by atoms with Gasteiger partial charge in [-0.2, -0.15) is 0 Å². The average Bonchev–Trinajstić information content (AvgIpc) is 3.08. The zero-order chi connectivity index (χ0) is 17.9. The number of hydrogen-bond acceptors (Lipinski definition) is 6. The van der Waals surface area contributed by atoms with Gasteiger partial charge in [0.25, 0.3) is 5.91 Å². The summed E-state index contributed by atoms with van der Waals surface area (Å²) in [4.78, 5) is 27.5. The van der Waals surface area contributed by atoms with Crippen LogP contribution in [0.25, 0.3) is 0 Å². The number of nitrogen functional groups attached to an aromatic ring is 1. The highest BCUT2D eigenvalue weighted by molar-refractivity contribution is 6.46. The summed E-state index contributed by atoms with van der Waals surface area (Å²) < 4.78 is 10.0. The number of halogens is 3. The summed E-state index contributed by atoms with van der Waals surface area (Å²) >= 11 is 17.4. The molecular formula is C14H12Cl3N3O4. The molecule has 24 heavy (non-hydrogen) atoms. The van der Waals surface area contributed by atoms with Gasteiger partial charge in [0.1, 0.15) is 10.8 Å². The maximum atomic E-state index is 12.0. The molecule has 0 fully saturated rings. The molecule has 0 aliphatic carbocycles. The number of carbonyl (C=O) groups excluding carboxylic acids is 2. The van der Waals surface area contributed by atoms with Crippen LogP contribution in [0, 0.1) is 0 Å². The summed E-state index contributed by atoms with van der Waals surface area (Å²) in [5, 5.41) is 2.15. The lowest BCUT2D eigenvalue weighted by Crippen LogP contribution is -2.31. The molecule has 0 saturated carbocycles. The molecule has 10 heteroatoms. The molecule has 1 amide bonds. The zero-order valence-corrected chi connectivity index (χ0v) is 14.6. The number of pyridine rings is 1. The van der Waals surface area contributed by atoms with E-state index in [2.05, 4.69) is 10.3 Å². The van der Waals surface area contributed by atoms with E-state index < -0.39 is 18.5 Å². The monoisotopic (exact) mass is 391 g/mol. The number of hydrogen-bond donors (Lipinski definition) is 2. The predicted octanol–water partition coefficient (Wildman–Crippen LogP) is 3.25. The summed E-state index contributed by atoms with van der Waals surface area (Å²) in [6.07, 6.45) is 1.49. The van der Waals surface area contributed by atoms with Crippen LogP contribution in [0.4, 0.5) is 5.69 Å². The molecule has 0 unspecified atom stereocenters. The first-order valence-electron chi connectivity index (χ1n) is 6.61. The van der Waals surface area contributed by atoms with E-state index >= 15 is 0 Å². The molecule has 2 rings (SSSR count). The Morgan fingerprint density at radius 2 is 2.08 bits per heavy atom. The van der Waals surface area contributed by atoms with Gasteiger partial charge in [0.15, 0.2) is 17.5 Å². The summed E-state index contributed by atoms with van der Waals surface area (Å²) in [6, 6.07) is 3.02. The van der Waals surface area contributed by atoms with E-state index in [9.17, 15) is 9.59 Å². The van der Waals surface area contributed by atoms with E-state index in [-0.39, 0.29) is 32.6 Å². The van der Waals surface area contributed by atoms with Gasteiger partial charge < -0.3 is 20.2 Å². The third kappa shape index (κ3) is 4.11. The van der Waals surface area contributed by atoms with E-state index in [1.807, 2.05) is 0 Å². The predicted molar refractivity (Wildman–Crippen MR) is 89.2 cm³/mol. The molecule has 0 aromatic carbocycles. The lowest BCUT2D eigenvalue weighted by atomic mass is 10.2. The minimum Gasteiger partial charge on any atom is -0.467 e. The van der Waals surface area contributed by atoms with Crippen LogP contribution >= 0.6 is 34.8 Å². The second-order valence-corrected chi connectivity index (χ2v) is 5.79. The molecule has 0 aliphatic rings. The number of anilines is 1. The van der Waals surface area contributed by atoms with E-state index in [1.165, 1.54) is 6.26 Å². The molecule has 7 nitrogen and oxygen atoms in total. The van der Waals surface area contributed by atoms with E-state index in [0.29, 0.717) is 5.76 Å². The minimum atomic E-state index is -0.953. The fourth-order valence-corrected chi connectivity index (χ4v) is 2.34. The van der Waals surface area contributed by atoms with Crippen LogP contribution in [0.15, 0.2) is 22.8 Å². The highest BCUT2D eigenvalue weighted by Crippen LogP contribution is 2.34. The molecule has 0 radical (unpaired) electrons. The molecular weight excluding hydrogens is 381 g/mol. The van der Waals surface area contributed by atoms with Crippen molar-refractivity contribution < 1.29 is 18.7 Å². The van der Waals surface area contributed by atoms with Gasteiger partial charge in [-0.15, -0.1) is 0 Å². The normalized spacial score (nSPS) is 11.8. The quantitative estimate of drug-likeness (QED) is 0.597.